The molecule has 0 bridgehead atoms. The van der Waals surface area contributed by atoms with E-state index in [9.17, 15) is 8.78 Å². The molecule has 1 rings (SSSR count). The zero-order valence-electron chi connectivity index (χ0n) is 10.6. The molecule has 0 aromatic heterocycles. The van der Waals surface area contributed by atoms with Crippen LogP contribution in [0.3, 0.4) is 0 Å². The zero-order chi connectivity index (χ0) is 13.2. The third-order valence-electron chi connectivity index (χ3n) is 2.49. The standard InChI is InChI=1S/C14H19F2NO/c1-18-10-9-17-8-4-2-3-5-12-6-7-13(15)11-14(12)16/h2-3,6-7,11,17H,4-5,8-10H2,1H3. The number of benzene rings is 1. The van der Waals surface area contributed by atoms with Gasteiger partial charge in [0.15, 0.2) is 0 Å². The average molecular weight is 255 g/mol. The van der Waals surface area contributed by atoms with Crippen LogP contribution in [0.1, 0.15) is 12.0 Å². The summed E-state index contributed by atoms with van der Waals surface area (Å²) in [7, 11) is 1.67. The van der Waals surface area contributed by atoms with Gasteiger partial charge in [0, 0.05) is 19.7 Å². The van der Waals surface area contributed by atoms with Gasteiger partial charge in [0.2, 0.25) is 0 Å². The Balaban J connectivity index is 2.20. The van der Waals surface area contributed by atoms with Gasteiger partial charge in [0.1, 0.15) is 11.6 Å². The number of hydrogen-bond acceptors (Lipinski definition) is 2. The number of ether oxygens (including phenoxy) is 1. The van der Waals surface area contributed by atoms with Crippen molar-refractivity contribution in [1.82, 2.24) is 5.32 Å². The summed E-state index contributed by atoms with van der Waals surface area (Å²) in [5, 5.41) is 3.20. The third-order valence-corrected chi connectivity index (χ3v) is 2.49. The summed E-state index contributed by atoms with van der Waals surface area (Å²) in [6, 6.07) is 3.67. The first-order valence-corrected chi connectivity index (χ1v) is 6.02. The lowest BCUT2D eigenvalue weighted by Gasteiger charge is -2.01. The molecule has 0 radical (unpaired) electrons. The quantitative estimate of drug-likeness (QED) is 0.569. The first kappa shape index (κ1) is 14.8. The molecule has 0 saturated carbocycles. The van der Waals surface area contributed by atoms with Crippen LogP contribution in [0, 0.1) is 11.6 Å². The Labute approximate surface area is 107 Å². The Bertz CT molecular complexity index is 380. The molecule has 0 amide bonds. The molecule has 0 heterocycles. The van der Waals surface area contributed by atoms with Gasteiger partial charge in [-0.15, -0.1) is 0 Å². The summed E-state index contributed by atoms with van der Waals surface area (Å²) in [6.07, 6.45) is 5.26. The number of allylic oxidation sites excluding steroid dienone is 1. The molecule has 1 aromatic rings. The highest BCUT2D eigenvalue weighted by Crippen LogP contribution is 2.10. The fraction of sp³-hybridized carbons (Fsp3) is 0.429. The summed E-state index contributed by atoms with van der Waals surface area (Å²) < 4.78 is 30.8. The second-order valence-electron chi connectivity index (χ2n) is 3.94. The van der Waals surface area contributed by atoms with Crippen molar-refractivity contribution in [2.24, 2.45) is 0 Å². The lowest BCUT2D eigenvalue weighted by molar-refractivity contribution is 0.199. The summed E-state index contributed by atoms with van der Waals surface area (Å²) in [5.74, 6) is -1.03. The fourth-order valence-electron chi connectivity index (χ4n) is 1.50. The monoisotopic (exact) mass is 255 g/mol. The number of halogens is 2. The summed E-state index contributed by atoms with van der Waals surface area (Å²) in [6.45, 7) is 2.40. The number of rotatable bonds is 8. The van der Waals surface area contributed by atoms with Crippen LogP contribution in [0.5, 0.6) is 0 Å². The topological polar surface area (TPSA) is 21.3 Å². The summed E-state index contributed by atoms with van der Waals surface area (Å²) >= 11 is 0. The normalized spacial score (nSPS) is 11.3. The van der Waals surface area contributed by atoms with E-state index in [1.807, 2.05) is 12.2 Å². The minimum absolute atomic E-state index is 0.488. The molecule has 4 heteroatoms. The van der Waals surface area contributed by atoms with Crippen molar-refractivity contribution in [3.05, 3.63) is 47.5 Å². The van der Waals surface area contributed by atoms with Gasteiger partial charge in [-0.2, -0.15) is 0 Å². The number of nitrogens with one attached hydrogen (secondary N) is 1. The average Bonchev–Trinajstić information content (AvgIpc) is 2.35. The van der Waals surface area contributed by atoms with E-state index in [0.29, 0.717) is 18.6 Å². The second kappa shape index (κ2) is 8.78. The van der Waals surface area contributed by atoms with Crippen molar-refractivity contribution in [3.8, 4) is 0 Å². The lowest BCUT2D eigenvalue weighted by Crippen LogP contribution is -2.19. The first-order valence-electron chi connectivity index (χ1n) is 6.02. The maximum absolute atomic E-state index is 13.3. The molecule has 0 atom stereocenters. The van der Waals surface area contributed by atoms with Crippen molar-refractivity contribution < 1.29 is 13.5 Å². The van der Waals surface area contributed by atoms with Gasteiger partial charge in [-0.1, -0.05) is 18.2 Å². The molecule has 0 aliphatic rings. The third kappa shape index (κ3) is 5.89. The maximum atomic E-state index is 13.3. The Morgan fingerprint density at radius 3 is 2.78 bits per heavy atom. The van der Waals surface area contributed by atoms with E-state index in [0.717, 1.165) is 25.6 Å². The van der Waals surface area contributed by atoms with E-state index in [-0.39, 0.29) is 0 Å². The van der Waals surface area contributed by atoms with Gasteiger partial charge in [0.25, 0.3) is 0 Å². The Hall–Kier alpha value is -1.26. The smallest absolute Gasteiger partial charge is 0.129 e. The minimum Gasteiger partial charge on any atom is -0.383 e. The van der Waals surface area contributed by atoms with Gasteiger partial charge in [0.05, 0.1) is 6.61 Å². The number of hydrogen-bond donors (Lipinski definition) is 1. The van der Waals surface area contributed by atoms with Crippen LogP contribution in [0.4, 0.5) is 8.78 Å². The van der Waals surface area contributed by atoms with E-state index >= 15 is 0 Å². The molecule has 0 fully saturated rings. The van der Waals surface area contributed by atoms with Crippen molar-refractivity contribution >= 4 is 0 Å². The van der Waals surface area contributed by atoms with Gasteiger partial charge in [-0.3, -0.25) is 0 Å². The Morgan fingerprint density at radius 2 is 2.06 bits per heavy atom. The lowest BCUT2D eigenvalue weighted by atomic mass is 10.1. The molecule has 0 saturated heterocycles. The minimum atomic E-state index is -0.539. The van der Waals surface area contributed by atoms with Crippen molar-refractivity contribution in [1.29, 1.82) is 0 Å². The van der Waals surface area contributed by atoms with Crippen LogP contribution in [0.2, 0.25) is 0 Å². The van der Waals surface area contributed by atoms with Crippen molar-refractivity contribution in [2.45, 2.75) is 12.8 Å². The van der Waals surface area contributed by atoms with Crippen LogP contribution in [-0.2, 0) is 11.2 Å². The molecule has 0 aliphatic carbocycles. The highest BCUT2D eigenvalue weighted by Gasteiger charge is 2.00. The molecule has 0 aliphatic heterocycles. The fourth-order valence-corrected chi connectivity index (χ4v) is 1.50. The van der Waals surface area contributed by atoms with Crippen LogP contribution >= 0.6 is 0 Å². The van der Waals surface area contributed by atoms with Gasteiger partial charge >= 0.3 is 0 Å². The molecule has 0 spiro atoms. The predicted octanol–water partition coefficient (Wildman–Crippen LogP) is 2.69. The highest BCUT2D eigenvalue weighted by atomic mass is 19.1. The summed E-state index contributed by atoms with van der Waals surface area (Å²) in [4.78, 5) is 0. The van der Waals surface area contributed by atoms with Crippen LogP contribution in [0.25, 0.3) is 0 Å². The van der Waals surface area contributed by atoms with Crippen LogP contribution < -0.4 is 5.32 Å². The van der Waals surface area contributed by atoms with Crippen LogP contribution in [0.15, 0.2) is 30.4 Å². The first-order chi connectivity index (χ1) is 8.74. The molecule has 1 N–H and O–H groups in total. The molecule has 100 valence electrons. The molecule has 2 nitrogen and oxygen atoms in total. The molecule has 1 aromatic carbocycles. The van der Waals surface area contributed by atoms with Gasteiger partial charge in [-0.05, 0) is 31.0 Å². The maximum Gasteiger partial charge on any atom is 0.129 e. The zero-order valence-corrected chi connectivity index (χ0v) is 10.6. The number of methoxy groups -OCH3 is 1. The Kier molecular flexibility index (Phi) is 7.22. The molecule has 18 heavy (non-hydrogen) atoms. The van der Waals surface area contributed by atoms with E-state index < -0.39 is 11.6 Å². The second-order valence-corrected chi connectivity index (χ2v) is 3.94. The van der Waals surface area contributed by atoms with Gasteiger partial charge < -0.3 is 10.1 Å². The van der Waals surface area contributed by atoms with Gasteiger partial charge in [-0.25, -0.2) is 8.78 Å². The SMILES string of the molecule is COCCNCCC=CCc1ccc(F)cc1F. The van der Waals surface area contributed by atoms with E-state index in [1.165, 1.54) is 12.1 Å². The predicted molar refractivity (Wildman–Crippen MR) is 68.6 cm³/mol. The van der Waals surface area contributed by atoms with Crippen LogP contribution in [-0.4, -0.2) is 26.8 Å². The van der Waals surface area contributed by atoms with Crippen molar-refractivity contribution in [2.75, 3.05) is 26.8 Å². The van der Waals surface area contributed by atoms with E-state index in [1.54, 1.807) is 7.11 Å². The van der Waals surface area contributed by atoms with E-state index in [2.05, 4.69) is 5.32 Å². The summed E-state index contributed by atoms with van der Waals surface area (Å²) in [5.41, 5.74) is 0.514. The molecular formula is C14H19F2NO. The Morgan fingerprint density at radius 1 is 1.22 bits per heavy atom. The van der Waals surface area contributed by atoms with Crippen molar-refractivity contribution in [3.63, 3.8) is 0 Å². The highest BCUT2D eigenvalue weighted by molar-refractivity contribution is 5.20. The molecule has 0 unspecified atom stereocenters. The molecular weight excluding hydrogens is 236 g/mol. The largest absolute Gasteiger partial charge is 0.383 e. The van der Waals surface area contributed by atoms with E-state index in [4.69, 9.17) is 4.74 Å².